The SMILES string of the molecule is O=P([O-])([O-])O.O=P([O-])([O-])O.[Ti+4]. The van der Waals surface area contributed by atoms with Gasteiger partial charge in [0.15, 0.2) is 0 Å². The Balaban J connectivity index is -0.000000107. The fourth-order valence-corrected chi connectivity index (χ4v) is 0. The molecule has 0 aromatic rings. The molecule has 0 spiro atoms. The zero-order chi connectivity index (χ0) is 9.00. The largest absolute Gasteiger partial charge is 4.00 e. The fraction of sp³-hybridized carbons (Fsp3) is 0. The fourth-order valence-electron chi connectivity index (χ4n) is 0. The van der Waals surface area contributed by atoms with E-state index in [1.54, 1.807) is 0 Å². The van der Waals surface area contributed by atoms with Crippen LogP contribution in [-0.4, -0.2) is 9.79 Å². The van der Waals surface area contributed by atoms with E-state index < -0.39 is 15.6 Å². The maximum atomic E-state index is 8.66. The molecule has 0 aliphatic heterocycles. The van der Waals surface area contributed by atoms with Crippen molar-refractivity contribution < 1.29 is 60.2 Å². The smallest absolute Gasteiger partial charge is 0.790 e. The van der Waals surface area contributed by atoms with Crippen LogP contribution in [0.2, 0.25) is 0 Å². The first-order valence-corrected chi connectivity index (χ1v) is 4.49. The minimum atomic E-state index is -5.14. The summed E-state index contributed by atoms with van der Waals surface area (Å²) in [6, 6.07) is 0. The third-order valence-electron chi connectivity index (χ3n) is 0. The summed E-state index contributed by atoms with van der Waals surface area (Å²) < 4.78 is 17.3. The molecule has 11 heteroatoms. The first-order valence-electron chi connectivity index (χ1n) is 1.50. The molecule has 0 unspecified atom stereocenters. The molecule has 11 heavy (non-hydrogen) atoms. The second-order valence-electron chi connectivity index (χ2n) is 0.937. The molecule has 0 aromatic carbocycles. The van der Waals surface area contributed by atoms with Crippen molar-refractivity contribution >= 4 is 15.6 Å². The van der Waals surface area contributed by atoms with Gasteiger partial charge in [-0.1, -0.05) is 0 Å². The minimum Gasteiger partial charge on any atom is -0.790 e. The molecule has 0 aliphatic rings. The molecule has 0 radical (unpaired) electrons. The zero-order valence-electron chi connectivity index (χ0n) is 4.74. The molecule has 0 saturated carbocycles. The molecule has 0 heterocycles. The van der Waals surface area contributed by atoms with Gasteiger partial charge in [0.1, 0.15) is 0 Å². The Hall–Kier alpha value is 0.934. The van der Waals surface area contributed by atoms with E-state index in [1.165, 1.54) is 0 Å². The van der Waals surface area contributed by atoms with Crippen LogP contribution in [0.15, 0.2) is 0 Å². The Labute approximate surface area is 76.3 Å². The maximum Gasteiger partial charge on any atom is 4.00 e. The standard InChI is InChI=1S/2H3O4P.Ti/c2*1-5(2,3)4;/h2*(H3,1,2,3,4);/q;;+4/p-4. The van der Waals surface area contributed by atoms with Crippen LogP contribution in [0.1, 0.15) is 0 Å². The number of hydrogen-bond donors (Lipinski definition) is 2. The van der Waals surface area contributed by atoms with Gasteiger partial charge in [-0.05, 0) is 0 Å². The summed E-state index contributed by atoms with van der Waals surface area (Å²) in [5, 5.41) is 0. The summed E-state index contributed by atoms with van der Waals surface area (Å²) >= 11 is 0. The van der Waals surface area contributed by atoms with Crippen molar-refractivity contribution in [3.05, 3.63) is 0 Å². The van der Waals surface area contributed by atoms with Crippen molar-refractivity contribution in [2.75, 3.05) is 0 Å². The van der Waals surface area contributed by atoms with Gasteiger partial charge in [0, 0.05) is 0 Å². The van der Waals surface area contributed by atoms with Gasteiger partial charge < -0.3 is 38.5 Å². The summed E-state index contributed by atoms with van der Waals surface area (Å²) in [4.78, 5) is 48.6. The van der Waals surface area contributed by atoms with Gasteiger partial charge in [-0.15, -0.1) is 0 Å². The number of hydrogen-bond acceptors (Lipinski definition) is 6. The zero-order valence-corrected chi connectivity index (χ0v) is 8.09. The maximum absolute atomic E-state index is 8.66. The van der Waals surface area contributed by atoms with Crippen LogP contribution in [0.5, 0.6) is 0 Å². The van der Waals surface area contributed by atoms with Gasteiger partial charge in [-0.25, -0.2) is 0 Å². The third kappa shape index (κ3) is 1000. The van der Waals surface area contributed by atoms with Crippen LogP contribution in [-0.2, 0) is 30.8 Å². The van der Waals surface area contributed by atoms with E-state index in [0.29, 0.717) is 0 Å². The second kappa shape index (κ2) is 6.45. The van der Waals surface area contributed by atoms with E-state index in [4.69, 9.17) is 38.5 Å². The van der Waals surface area contributed by atoms with Crippen molar-refractivity contribution in [1.82, 2.24) is 0 Å². The van der Waals surface area contributed by atoms with Crippen molar-refractivity contribution in [1.29, 1.82) is 0 Å². The third-order valence-corrected chi connectivity index (χ3v) is 0. The molecule has 0 bridgehead atoms. The first kappa shape index (κ1) is 17.9. The van der Waals surface area contributed by atoms with E-state index in [0.717, 1.165) is 0 Å². The molecule has 0 saturated heterocycles. The Bertz CT molecular complexity index is 124. The molecule has 8 nitrogen and oxygen atoms in total. The summed E-state index contributed by atoms with van der Waals surface area (Å²) in [6.07, 6.45) is 0. The average Bonchev–Trinajstić information content (AvgIpc) is 1.12. The van der Waals surface area contributed by atoms with Crippen molar-refractivity contribution in [3.63, 3.8) is 0 Å². The second-order valence-corrected chi connectivity index (χ2v) is 2.81. The monoisotopic (exact) mass is 240 g/mol. The van der Waals surface area contributed by atoms with Crippen LogP contribution in [0.4, 0.5) is 0 Å². The molecule has 0 rings (SSSR count). The topological polar surface area (TPSA) is 167 Å². The van der Waals surface area contributed by atoms with Gasteiger partial charge in [0.05, 0.1) is 15.6 Å². The molecular formula is H2O8P2Ti. The van der Waals surface area contributed by atoms with Crippen LogP contribution in [0, 0.1) is 0 Å². The molecular weight excluding hydrogens is 238 g/mol. The van der Waals surface area contributed by atoms with Crippen LogP contribution in [0.25, 0.3) is 0 Å². The van der Waals surface area contributed by atoms with Gasteiger partial charge in [0.2, 0.25) is 0 Å². The Kier molecular flexibility index (Phi) is 10.5. The molecule has 64 valence electrons. The normalized spacial score (nSPS) is 10.7. The summed E-state index contributed by atoms with van der Waals surface area (Å²) in [5.41, 5.74) is 0. The molecule has 0 fully saturated rings. The van der Waals surface area contributed by atoms with Crippen LogP contribution in [0.3, 0.4) is 0 Å². The van der Waals surface area contributed by atoms with Crippen molar-refractivity contribution in [3.8, 4) is 0 Å². The quantitative estimate of drug-likeness (QED) is 0.316. The van der Waals surface area contributed by atoms with Crippen LogP contribution < -0.4 is 19.6 Å². The van der Waals surface area contributed by atoms with Gasteiger partial charge in [-0.2, -0.15) is 0 Å². The van der Waals surface area contributed by atoms with Crippen molar-refractivity contribution in [2.45, 2.75) is 0 Å². The number of rotatable bonds is 0. The average molecular weight is 240 g/mol. The number of phosphoric acid groups is 2. The molecule has 0 amide bonds. The predicted octanol–water partition coefficient (Wildman–Crippen LogP) is -4.39. The van der Waals surface area contributed by atoms with Gasteiger partial charge in [0.25, 0.3) is 0 Å². The predicted molar refractivity (Wildman–Crippen MR) is 19.7 cm³/mol. The Morgan fingerprint density at radius 1 is 0.818 bits per heavy atom. The Morgan fingerprint density at radius 2 is 0.818 bits per heavy atom. The Morgan fingerprint density at radius 3 is 0.818 bits per heavy atom. The summed E-state index contributed by atoms with van der Waals surface area (Å²) in [5.74, 6) is 0. The molecule has 0 aliphatic carbocycles. The molecule has 2 N–H and O–H groups in total. The molecule has 0 atom stereocenters. The van der Waals surface area contributed by atoms with E-state index >= 15 is 0 Å². The summed E-state index contributed by atoms with van der Waals surface area (Å²) in [7, 11) is -10.3. The van der Waals surface area contributed by atoms with Crippen molar-refractivity contribution in [2.24, 2.45) is 0 Å². The van der Waals surface area contributed by atoms with Gasteiger partial charge in [-0.3, -0.25) is 0 Å². The summed E-state index contributed by atoms with van der Waals surface area (Å²) in [6.45, 7) is 0. The van der Waals surface area contributed by atoms with E-state index in [-0.39, 0.29) is 21.7 Å². The van der Waals surface area contributed by atoms with E-state index in [9.17, 15) is 0 Å². The minimum absolute atomic E-state index is 0. The van der Waals surface area contributed by atoms with Gasteiger partial charge >= 0.3 is 21.7 Å². The van der Waals surface area contributed by atoms with Crippen LogP contribution >= 0.6 is 15.6 Å². The molecule has 0 aromatic heterocycles. The first-order chi connectivity index (χ1) is 4.00. The van der Waals surface area contributed by atoms with E-state index in [2.05, 4.69) is 0 Å². The van der Waals surface area contributed by atoms with E-state index in [1.807, 2.05) is 0 Å².